The molecular formula is C25H25BrN2O4S. The van der Waals surface area contributed by atoms with Crippen molar-refractivity contribution in [1.29, 1.82) is 0 Å². The van der Waals surface area contributed by atoms with Gasteiger partial charge in [0, 0.05) is 22.4 Å². The molecule has 3 atom stereocenters. The molecule has 0 bridgehead atoms. The summed E-state index contributed by atoms with van der Waals surface area (Å²) in [4.78, 5) is 28.0. The molecule has 2 heterocycles. The molecule has 0 spiro atoms. The van der Waals surface area contributed by atoms with Gasteiger partial charge in [0.25, 0.3) is 11.8 Å². The molecule has 6 nitrogen and oxygen atoms in total. The molecule has 0 aliphatic carbocycles. The Bertz CT molecular complexity index is 1100. The van der Waals surface area contributed by atoms with E-state index < -0.39 is 24.0 Å². The van der Waals surface area contributed by atoms with Crippen molar-refractivity contribution in [2.45, 2.75) is 37.6 Å². The van der Waals surface area contributed by atoms with Gasteiger partial charge in [-0.25, -0.2) is 0 Å². The van der Waals surface area contributed by atoms with Gasteiger partial charge in [0.05, 0.1) is 6.04 Å². The Balaban J connectivity index is 1.34. The number of aliphatic hydroxyl groups is 2. The highest BCUT2D eigenvalue weighted by Gasteiger charge is 2.38. The highest BCUT2D eigenvalue weighted by atomic mass is 79.9. The van der Waals surface area contributed by atoms with E-state index in [4.69, 9.17) is 0 Å². The van der Waals surface area contributed by atoms with Crippen LogP contribution in [0, 0.1) is 0 Å². The molecule has 8 heteroatoms. The summed E-state index contributed by atoms with van der Waals surface area (Å²) in [6, 6.07) is 19.1. The Hall–Kier alpha value is -2.52. The number of aliphatic hydroxyl groups excluding tert-OH is 2. The van der Waals surface area contributed by atoms with Gasteiger partial charge in [-0.05, 0) is 56.9 Å². The molecule has 1 fully saturated rings. The summed E-state index contributed by atoms with van der Waals surface area (Å²) >= 11 is 5.16. The van der Waals surface area contributed by atoms with Crippen LogP contribution in [0.15, 0.2) is 70.5 Å². The topological polar surface area (TPSA) is 89.9 Å². The Labute approximate surface area is 205 Å². The van der Waals surface area contributed by atoms with Crippen molar-refractivity contribution in [1.82, 2.24) is 10.2 Å². The van der Waals surface area contributed by atoms with Crippen LogP contribution in [-0.2, 0) is 16.1 Å². The average Bonchev–Trinajstić information content (AvgIpc) is 3.51. The predicted octanol–water partition coefficient (Wildman–Crippen LogP) is 3.88. The number of thiophene rings is 1. The zero-order valence-electron chi connectivity index (χ0n) is 17.9. The number of rotatable bonds is 7. The smallest absolute Gasteiger partial charge is 0.255 e. The van der Waals surface area contributed by atoms with Crippen LogP contribution in [0.25, 0.3) is 10.4 Å². The maximum Gasteiger partial charge on any atom is 0.255 e. The Kier molecular flexibility index (Phi) is 7.60. The average molecular weight is 529 g/mol. The summed E-state index contributed by atoms with van der Waals surface area (Å²) in [6.45, 7) is 0.662. The molecule has 0 saturated carbocycles. The molecule has 1 aliphatic rings. The molecule has 2 amide bonds. The van der Waals surface area contributed by atoms with Gasteiger partial charge in [-0.3, -0.25) is 9.59 Å². The standard InChI is InChI=1S/C25H25BrN2O4S/c26-19-12-14-33-23(19)18-10-8-16(9-11-18)15-27-24(31)21(29)22(30)25(32)28-13-4-7-20(28)17-5-2-1-3-6-17/h1-3,5-6,8-12,14,20-22,29-30H,4,7,13,15H2,(H,27,31)/t20?,21-,22-/m1/s1. The van der Waals surface area contributed by atoms with Crippen LogP contribution in [-0.4, -0.2) is 45.7 Å². The molecule has 1 aliphatic heterocycles. The van der Waals surface area contributed by atoms with Crippen LogP contribution in [0.2, 0.25) is 0 Å². The number of likely N-dealkylation sites (tertiary alicyclic amines) is 1. The minimum Gasteiger partial charge on any atom is -0.380 e. The van der Waals surface area contributed by atoms with E-state index in [0.29, 0.717) is 6.54 Å². The summed E-state index contributed by atoms with van der Waals surface area (Å²) in [5, 5.41) is 25.4. The van der Waals surface area contributed by atoms with Crippen molar-refractivity contribution in [2.75, 3.05) is 6.54 Å². The van der Waals surface area contributed by atoms with Crippen molar-refractivity contribution < 1.29 is 19.8 Å². The van der Waals surface area contributed by atoms with E-state index in [9.17, 15) is 19.8 Å². The quantitative estimate of drug-likeness (QED) is 0.434. The summed E-state index contributed by atoms with van der Waals surface area (Å²) in [5.41, 5.74) is 2.88. The van der Waals surface area contributed by atoms with Gasteiger partial charge in [-0.15, -0.1) is 11.3 Å². The second-order valence-electron chi connectivity index (χ2n) is 8.00. The lowest BCUT2D eigenvalue weighted by molar-refractivity contribution is -0.153. The molecule has 0 radical (unpaired) electrons. The Morgan fingerprint density at radius 1 is 1.06 bits per heavy atom. The molecule has 2 aromatic carbocycles. The van der Waals surface area contributed by atoms with Crippen LogP contribution < -0.4 is 5.32 Å². The number of halogens is 1. The second kappa shape index (κ2) is 10.6. The SMILES string of the molecule is O=C(NCc1ccc(-c2sccc2Br)cc1)[C@H](O)[C@@H](O)C(=O)N1CCCC1c1ccccc1. The first-order valence-electron chi connectivity index (χ1n) is 10.8. The molecule has 3 aromatic rings. The lowest BCUT2D eigenvalue weighted by atomic mass is 10.0. The molecule has 1 saturated heterocycles. The Morgan fingerprint density at radius 3 is 2.45 bits per heavy atom. The van der Waals surface area contributed by atoms with Crippen molar-refractivity contribution in [2.24, 2.45) is 0 Å². The fourth-order valence-corrected chi connectivity index (χ4v) is 5.68. The third kappa shape index (κ3) is 5.35. The number of nitrogens with zero attached hydrogens (tertiary/aromatic N) is 1. The van der Waals surface area contributed by atoms with E-state index in [0.717, 1.165) is 38.9 Å². The highest BCUT2D eigenvalue weighted by molar-refractivity contribution is 9.10. The number of carbonyl (C=O) groups is 2. The van der Waals surface area contributed by atoms with Crippen LogP contribution in [0.1, 0.15) is 30.0 Å². The van der Waals surface area contributed by atoms with Crippen molar-refractivity contribution in [3.05, 3.63) is 81.6 Å². The largest absolute Gasteiger partial charge is 0.380 e. The molecule has 1 unspecified atom stereocenters. The zero-order valence-corrected chi connectivity index (χ0v) is 20.3. The minimum absolute atomic E-state index is 0.162. The maximum absolute atomic E-state index is 12.9. The van der Waals surface area contributed by atoms with Gasteiger partial charge in [-0.1, -0.05) is 54.6 Å². The molecular weight excluding hydrogens is 504 g/mol. The highest BCUT2D eigenvalue weighted by Crippen LogP contribution is 2.34. The summed E-state index contributed by atoms with van der Waals surface area (Å²) < 4.78 is 1.03. The third-order valence-electron chi connectivity index (χ3n) is 5.84. The maximum atomic E-state index is 12.9. The molecule has 33 heavy (non-hydrogen) atoms. The fourth-order valence-electron chi connectivity index (χ4n) is 4.07. The van der Waals surface area contributed by atoms with E-state index in [1.54, 1.807) is 16.2 Å². The fraction of sp³-hybridized carbons (Fsp3) is 0.280. The normalized spacial score (nSPS) is 17.5. The van der Waals surface area contributed by atoms with E-state index in [1.165, 1.54) is 0 Å². The van der Waals surface area contributed by atoms with Crippen molar-refractivity contribution >= 4 is 39.1 Å². The van der Waals surface area contributed by atoms with Crippen LogP contribution >= 0.6 is 27.3 Å². The number of hydrogen-bond acceptors (Lipinski definition) is 5. The Morgan fingerprint density at radius 2 is 1.79 bits per heavy atom. The van der Waals surface area contributed by atoms with Crippen LogP contribution in [0.5, 0.6) is 0 Å². The summed E-state index contributed by atoms with van der Waals surface area (Å²) in [6.07, 6.45) is -2.06. The number of hydrogen-bond donors (Lipinski definition) is 3. The number of benzene rings is 2. The minimum atomic E-state index is -1.84. The molecule has 172 valence electrons. The lowest BCUT2D eigenvalue weighted by Gasteiger charge is -2.28. The van der Waals surface area contributed by atoms with Crippen LogP contribution in [0.3, 0.4) is 0 Å². The van der Waals surface area contributed by atoms with Gasteiger partial charge in [0.15, 0.2) is 12.2 Å². The lowest BCUT2D eigenvalue weighted by Crippen LogP contribution is -2.50. The van der Waals surface area contributed by atoms with E-state index in [1.807, 2.05) is 66.0 Å². The number of amides is 2. The first-order chi connectivity index (χ1) is 16.0. The van der Waals surface area contributed by atoms with Gasteiger partial charge in [-0.2, -0.15) is 0 Å². The van der Waals surface area contributed by atoms with Crippen molar-refractivity contribution in [3.63, 3.8) is 0 Å². The van der Waals surface area contributed by atoms with Gasteiger partial charge in [0.1, 0.15) is 0 Å². The summed E-state index contributed by atoms with van der Waals surface area (Å²) in [7, 11) is 0. The zero-order chi connectivity index (χ0) is 23.4. The summed E-state index contributed by atoms with van der Waals surface area (Å²) in [5.74, 6) is -1.41. The van der Waals surface area contributed by atoms with E-state index in [-0.39, 0.29) is 12.6 Å². The molecule has 4 rings (SSSR count). The van der Waals surface area contributed by atoms with E-state index in [2.05, 4.69) is 21.2 Å². The van der Waals surface area contributed by atoms with Gasteiger partial charge in [0.2, 0.25) is 0 Å². The number of carbonyl (C=O) groups excluding carboxylic acids is 2. The third-order valence-corrected chi connectivity index (χ3v) is 7.73. The monoisotopic (exact) mass is 528 g/mol. The first kappa shape index (κ1) is 23.6. The van der Waals surface area contributed by atoms with Gasteiger partial charge < -0.3 is 20.4 Å². The predicted molar refractivity (Wildman–Crippen MR) is 131 cm³/mol. The first-order valence-corrected chi connectivity index (χ1v) is 12.4. The van der Waals surface area contributed by atoms with E-state index >= 15 is 0 Å². The van der Waals surface area contributed by atoms with Crippen LogP contribution in [0.4, 0.5) is 0 Å². The number of nitrogens with one attached hydrogen (secondary N) is 1. The molecule has 1 aromatic heterocycles. The second-order valence-corrected chi connectivity index (χ2v) is 9.77. The van der Waals surface area contributed by atoms with Gasteiger partial charge >= 0.3 is 0 Å². The van der Waals surface area contributed by atoms with Crippen molar-refractivity contribution in [3.8, 4) is 10.4 Å². The molecule has 3 N–H and O–H groups in total.